The fourth-order valence-corrected chi connectivity index (χ4v) is 2.96. The summed E-state index contributed by atoms with van der Waals surface area (Å²) in [5, 5.41) is 0. The maximum atomic E-state index is 5.87. The number of benzene rings is 1. The topological polar surface area (TPSA) is 18.5 Å². The monoisotopic (exact) mass is 234 g/mol. The van der Waals surface area contributed by atoms with Gasteiger partial charge in [-0.3, -0.25) is 0 Å². The first-order valence-corrected chi connectivity index (χ1v) is 6.36. The fourth-order valence-electron chi connectivity index (χ4n) is 2.96. The van der Waals surface area contributed by atoms with Crippen LogP contribution in [0.3, 0.4) is 0 Å². The second-order valence-electron chi connectivity index (χ2n) is 5.44. The molecule has 0 fully saturated rings. The number of rotatable bonds is 2. The Morgan fingerprint density at radius 1 is 1.35 bits per heavy atom. The summed E-state index contributed by atoms with van der Waals surface area (Å²) in [5.41, 5.74) is 2.56. The van der Waals surface area contributed by atoms with Crippen LogP contribution in [0.2, 0.25) is 0 Å². The molecule has 2 atom stereocenters. The standard InChI is InChI=1S/C15H22O2/c1-9(2)14-11(4)8-17-15-12(14)6-10(3)7-13(15)16-5/h6-7,9,11,14H,8H2,1-5H3. The number of aryl methyl sites for hydroxylation is 1. The predicted octanol–water partition coefficient (Wildman–Crippen LogP) is 3.77. The summed E-state index contributed by atoms with van der Waals surface area (Å²) in [6.45, 7) is 9.73. The molecule has 1 aromatic rings. The molecule has 0 saturated carbocycles. The van der Waals surface area contributed by atoms with E-state index in [2.05, 4.69) is 33.8 Å². The van der Waals surface area contributed by atoms with Crippen LogP contribution < -0.4 is 9.47 Å². The highest BCUT2D eigenvalue weighted by molar-refractivity contribution is 5.52. The predicted molar refractivity (Wildman–Crippen MR) is 70.0 cm³/mol. The maximum absolute atomic E-state index is 5.87. The van der Waals surface area contributed by atoms with E-state index in [1.165, 1.54) is 11.1 Å². The zero-order chi connectivity index (χ0) is 12.6. The quantitative estimate of drug-likeness (QED) is 0.775. The van der Waals surface area contributed by atoms with Crippen molar-refractivity contribution in [2.24, 2.45) is 11.8 Å². The van der Waals surface area contributed by atoms with Crippen LogP contribution in [0.5, 0.6) is 11.5 Å². The lowest BCUT2D eigenvalue weighted by molar-refractivity contribution is 0.176. The molecule has 2 nitrogen and oxygen atoms in total. The third kappa shape index (κ3) is 2.13. The Bertz CT molecular complexity index is 410. The van der Waals surface area contributed by atoms with Crippen LogP contribution in [-0.4, -0.2) is 13.7 Å². The van der Waals surface area contributed by atoms with Crippen molar-refractivity contribution in [3.8, 4) is 11.5 Å². The third-order valence-corrected chi connectivity index (χ3v) is 3.63. The molecule has 0 amide bonds. The molecular formula is C15H22O2. The van der Waals surface area contributed by atoms with E-state index in [1.54, 1.807) is 7.11 Å². The smallest absolute Gasteiger partial charge is 0.164 e. The number of hydrogen-bond donors (Lipinski definition) is 0. The molecular weight excluding hydrogens is 212 g/mol. The Morgan fingerprint density at radius 2 is 2.06 bits per heavy atom. The van der Waals surface area contributed by atoms with Crippen LogP contribution in [-0.2, 0) is 0 Å². The fraction of sp³-hybridized carbons (Fsp3) is 0.600. The lowest BCUT2D eigenvalue weighted by Gasteiger charge is -2.35. The van der Waals surface area contributed by atoms with Crippen LogP contribution >= 0.6 is 0 Å². The molecule has 2 rings (SSSR count). The molecule has 1 aliphatic rings. The van der Waals surface area contributed by atoms with Gasteiger partial charge >= 0.3 is 0 Å². The van der Waals surface area contributed by atoms with Crippen molar-refractivity contribution in [2.75, 3.05) is 13.7 Å². The van der Waals surface area contributed by atoms with Crippen molar-refractivity contribution < 1.29 is 9.47 Å². The summed E-state index contributed by atoms with van der Waals surface area (Å²) in [4.78, 5) is 0. The van der Waals surface area contributed by atoms with E-state index in [1.807, 2.05) is 6.07 Å². The van der Waals surface area contributed by atoms with Gasteiger partial charge in [0, 0.05) is 5.56 Å². The molecule has 1 aromatic carbocycles. The molecule has 2 unspecified atom stereocenters. The van der Waals surface area contributed by atoms with E-state index >= 15 is 0 Å². The average molecular weight is 234 g/mol. The highest BCUT2D eigenvalue weighted by Crippen LogP contribution is 2.46. The number of hydrogen-bond acceptors (Lipinski definition) is 2. The summed E-state index contributed by atoms with van der Waals surface area (Å²) < 4.78 is 11.3. The van der Waals surface area contributed by atoms with Gasteiger partial charge in [0.25, 0.3) is 0 Å². The van der Waals surface area contributed by atoms with Crippen LogP contribution in [0.1, 0.15) is 37.8 Å². The Kier molecular flexibility index (Phi) is 3.32. The van der Waals surface area contributed by atoms with Crippen LogP contribution in [0, 0.1) is 18.8 Å². The van der Waals surface area contributed by atoms with E-state index in [0.29, 0.717) is 17.8 Å². The minimum atomic E-state index is 0.563. The normalized spacial score (nSPS) is 23.2. The molecule has 0 N–H and O–H groups in total. The van der Waals surface area contributed by atoms with Gasteiger partial charge in [-0.2, -0.15) is 0 Å². The van der Waals surface area contributed by atoms with Gasteiger partial charge in [-0.25, -0.2) is 0 Å². The van der Waals surface area contributed by atoms with Crippen LogP contribution in [0.15, 0.2) is 12.1 Å². The third-order valence-electron chi connectivity index (χ3n) is 3.63. The van der Waals surface area contributed by atoms with Gasteiger partial charge in [0.1, 0.15) is 0 Å². The molecule has 0 spiro atoms. The van der Waals surface area contributed by atoms with Gasteiger partial charge in [-0.05, 0) is 36.3 Å². The van der Waals surface area contributed by atoms with Gasteiger partial charge < -0.3 is 9.47 Å². The summed E-state index contributed by atoms with van der Waals surface area (Å²) in [6, 6.07) is 4.30. The van der Waals surface area contributed by atoms with Crippen molar-refractivity contribution in [3.63, 3.8) is 0 Å². The number of fused-ring (bicyclic) bond motifs is 1. The Hall–Kier alpha value is -1.18. The molecule has 1 heterocycles. The maximum Gasteiger partial charge on any atom is 0.164 e. The second kappa shape index (κ2) is 4.59. The molecule has 0 radical (unpaired) electrons. The van der Waals surface area contributed by atoms with E-state index in [9.17, 15) is 0 Å². The van der Waals surface area contributed by atoms with E-state index < -0.39 is 0 Å². The first-order valence-electron chi connectivity index (χ1n) is 6.36. The van der Waals surface area contributed by atoms with Crippen molar-refractivity contribution in [2.45, 2.75) is 33.6 Å². The highest BCUT2D eigenvalue weighted by Gasteiger charge is 2.32. The SMILES string of the molecule is COc1cc(C)cc2c1OCC(C)C2C(C)C. The molecule has 17 heavy (non-hydrogen) atoms. The molecule has 0 bridgehead atoms. The first kappa shape index (κ1) is 12.3. The van der Waals surface area contributed by atoms with Crippen molar-refractivity contribution >= 4 is 0 Å². The van der Waals surface area contributed by atoms with Crippen molar-refractivity contribution in [1.82, 2.24) is 0 Å². The lowest BCUT2D eigenvalue weighted by atomic mass is 9.77. The summed E-state index contributed by atoms with van der Waals surface area (Å²) in [7, 11) is 1.71. The largest absolute Gasteiger partial charge is 0.493 e. The van der Waals surface area contributed by atoms with Crippen molar-refractivity contribution in [3.05, 3.63) is 23.3 Å². The first-order chi connectivity index (χ1) is 8.04. The molecule has 2 heteroatoms. The zero-order valence-corrected chi connectivity index (χ0v) is 11.4. The number of methoxy groups -OCH3 is 1. The molecule has 1 aliphatic heterocycles. The molecule has 0 aromatic heterocycles. The molecule has 0 aliphatic carbocycles. The van der Waals surface area contributed by atoms with E-state index in [0.717, 1.165) is 18.1 Å². The molecule has 94 valence electrons. The van der Waals surface area contributed by atoms with Gasteiger partial charge in [0.05, 0.1) is 13.7 Å². The second-order valence-corrected chi connectivity index (χ2v) is 5.44. The summed E-state index contributed by atoms with van der Waals surface area (Å²) in [6.07, 6.45) is 0. The zero-order valence-electron chi connectivity index (χ0n) is 11.4. The Morgan fingerprint density at radius 3 is 2.65 bits per heavy atom. The molecule has 0 saturated heterocycles. The Balaban J connectivity index is 2.55. The number of ether oxygens (including phenoxy) is 2. The van der Waals surface area contributed by atoms with Crippen LogP contribution in [0.25, 0.3) is 0 Å². The summed E-state index contributed by atoms with van der Waals surface area (Å²) >= 11 is 0. The van der Waals surface area contributed by atoms with E-state index in [4.69, 9.17) is 9.47 Å². The van der Waals surface area contributed by atoms with Gasteiger partial charge in [-0.15, -0.1) is 0 Å². The summed E-state index contributed by atoms with van der Waals surface area (Å²) in [5.74, 6) is 3.58. The highest BCUT2D eigenvalue weighted by atomic mass is 16.5. The van der Waals surface area contributed by atoms with Gasteiger partial charge in [0.15, 0.2) is 11.5 Å². The van der Waals surface area contributed by atoms with Crippen molar-refractivity contribution in [1.29, 1.82) is 0 Å². The van der Waals surface area contributed by atoms with Crippen LogP contribution in [0.4, 0.5) is 0 Å². The van der Waals surface area contributed by atoms with E-state index in [-0.39, 0.29) is 0 Å². The Labute approximate surface area is 104 Å². The lowest BCUT2D eigenvalue weighted by Crippen LogP contribution is -2.27. The minimum Gasteiger partial charge on any atom is -0.493 e. The van der Waals surface area contributed by atoms with Gasteiger partial charge in [0.2, 0.25) is 0 Å². The average Bonchev–Trinajstić information content (AvgIpc) is 2.26. The minimum absolute atomic E-state index is 0.563. The van der Waals surface area contributed by atoms with Gasteiger partial charge in [-0.1, -0.05) is 26.8 Å².